The summed E-state index contributed by atoms with van der Waals surface area (Å²) in [7, 11) is 0. The molecule has 1 saturated heterocycles. The van der Waals surface area contributed by atoms with Crippen molar-refractivity contribution >= 4 is 12.1 Å². The topological polar surface area (TPSA) is 42.0 Å². The van der Waals surface area contributed by atoms with Crippen LogP contribution in [-0.4, -0.2) is 34.9 Å². The Morgan fingerprint density at radius 1 is 1.00 bits per heavy atom. The van der Waals surface area contributed by atoms with Crippen LogP contribution < -0.4 is 0 Å². The summed E-state index contributed by atoms with van der Waals surface area (Å²) in [6, 6.07) is 7.82. The molecule has 6 heteroatoms. The van der Waals surface area contributed by atoms with E-state index in [1.165, 1.54) is 0 Å². The molecule has 5 nitrogen and oxygen atoms in total. The number of nitrogens with zero attached hydrogens (tertiary/aromatic N) is 2. The highest BCUT2D eigenvalue weighted by atomic mass is 32.2. The van der Waals surface area contributed by atoms with Crippen LogP contribution in [0, 0.1) is 0 Å². The first-order chi connectivity index (χ1) is 9.90. The van der Waals surface area contributed by atoms with Crippen LogP contribution in [-0.2, 0) is 17.8 Å². The van der Waals surface area contributed by atoms with Gasteiger partial charge in [-0.05, 0) is 24.3 Å². The maximum absolute atomic E-state index is 5.44. The van der Waals surface area contributed by atoms with Crippen molar-refractivity contribution in [2.45, 2.75) is 13.1 Å². The van der Waals surface area contributed by atoms with Crippen LogP contribution in [0.1, 0.15) is 11.5 Å². The van der Waals surface area contributed by atoms with E-state index in [1.807, 2.05) is 24.3 Å². The zero-order valence-electron chi connectivity index (χ0n) is 11.2. The van der Waals surface area contributed by atoms with Gasteiger partial charge < -0.3 is 13.6 Å². The van der Waals surface area contributed by atoms with Gasteiger partial charge in [-0.2, -0.15) is 0 Å². The first-order valence-electron chi connectivity index (χ1n) is 6.70. The summed E-state index contributed by atoms with van der Waals surface area (Å²) in [5.41, 5.74) is 0. The monoisotopic (exact) mass is 294 g/mol. The third-order valence-corrected chi connectivity index (χ3v) is 4.11. The van der Waals surface area contributed by atoms with Crippen molar-refractivity contribution in [3.63, 3.8) is 0 Å². The van der Waals surface area contributed by atoms with Gasteiger partial charge in [-0.3, -0.25) is 0 Å². The average Bonchev–Trinajstić information content (AvgIpc) is 3.13. The first kappa shape index (κ1) is 13.8. The Bertz CT molecular complexity index is 444. The fourth-order valence-electron chi connectivity index (χ4n) is 2.06. The molecule has 108 valence electrons. The van der Waals surface area contributed by atoms with Crippen LogP contribution in [0.2, 0.25) is 0 Å². The summed E-state index contributed by atoms with van der Waals surface area (Å²) in [5.74, 6) is 1.91. The highest BCUT2D eigenvalue weighted by Crippen LogP contribution is 2.23. The van der Waals surface area contributed by atoms with Crippen molar-refractivity contribution in [1.82, 2.24) is 8.61 Å². The van der Waals surface area contributed by atoms with Gasteiger partial charge in [0.25, 0.3) is 0 Å². The molecule has 0 aromatic carbocycles. The Hall–Kier alpha value is -1.21. The van der Waals surface area contributed by atoms with E-state index in [1.54, 1.807) is 24.7 Å². The molecule has 0 aliphatic carbocycles. The van der Waals surface area contributed by atoms with E-state index in [2.05, 4.69) is 8.61 Å². The standard InChI is InChI=1S/C14H18N2O3S/c1-3-13(18-7-1)11-16(12-14-4-2-8-19-14)20-15-5-9-17-10-6-15/h1-4,7-8H,5-6,9-12H2. The second kappa shape index (κ2) is 6.99. The molecule has 3 rings (SSSR count). The molecule has 0 saturated carbocycles. The maximum Gasteiger partial charge on any atom is 0.118 e. The molecule has 1 aliphatic heterocycles. The second-order valence-corrected chi connectivity index (χ2v) is 5.78. The smallest absolute Gasteiger partial charge is 0.118 e. The molecule has 3 heterocycles. The van der Waals surface area contributed by atoms with Crippen LogP contribution in [0.3, 0.4) is 0 Å². The first-order valence-corrected chi connectivity index (χ1v) is 7.44. The molecule has 0 bridgehead atoms. The predicted octanol–water partition coefficient (Wildman–Crippen LogP) is 2.77. The van der Waals surface area contributed by atoms with Gasteiger partial charge in [0.05, 0.1) is 38.8 Å². The lowest BCUT2D eigenvalue weighted by Gasteiger charge is -2.30. The van der Waals surface area contributed by atoms with Gasteiger partial charge in [0.1, 0.15) is 11.5 Å². The molecule has 0 atom stereocenters. The van der Waals surface area contributed by atoms with E-state index in [0.29, 0.717) is 0 Å². The van der Waals surface area contributed by atoms with Gasteiger partial charge in [0.2, 0.25) is 0 Å². The van der Waals surface area contributed by atoms with Crippen LogP contribution >= 0.6 is 12.1 Å². The number of morpholine rings is 1. The lowest BCUT2D eigenvalue weighted by Crippen LogP contribution is -2.34. The summed E-state index contributed by atoms with van der Waals surface area (Å²) in [4.78, 5) is 0. The highest BCUT2D eigenvalue weighted by Gasteiger charge is 2.18. The van der Waals surface area contributed by atoms with E-state index >= 15 is 0 Å². The van der Waals surface area contributed by atoms with Gasteiger partial charge >= 0.3 is 0 Å². The molecule has 2 aromatic heterocycles. The Morgan fingerprint density at radius 2 is 1.60 bits per heavy atom. The van der Waals surface area contributed by atoms with E-state index in [9.17, 15) is 0 Å². The molecule has 1 aliphatic rings. The quantitative estimate of drug-likeness (QED) is 0.763. The van der Waals surface area contributed by atoms with Crippen molar-refractivity contribution in [3.05, 3.63) is 48.3 Å². The SMILES string of the molecule is c1coc(CN(Cc2ccco2)SN2CCOCC2)c1. The fraction of sp³-hybridized carbons (Fsp3) is 0.429. The van der Waals surface area contributed by atoms with E-state index in [-0.39, 0.29) is 0 Å². The van der Waals surface area contributed by atoms with Gasteiger partial charge in [0, 0.05) is 25.2 Å². The molecule has 0 radical (unpaired) electrons. The Kier molecular flexibility index (Phi) is 4.81. The van der Waals surface area contributed by atoms with Crippen LogP contribution in [0.5, 0.6) is 0 Å². The number of ether oxygens (including phenoxy) is 1. The number of hydrogen-bond acceptors (Lipinski definition) is 6. The minimum Gasteiger partial charge on any atom is -0.468 e. The normalized spacial score (nSPS) is 16.9. The largest absolute Gasteiger partial charge is 0.468 e. The van der Waals surface area contributed by atoms with Crippen molar-refractivity contribution in [2.75, 3.05) is 26.3 Å². The number of furan rings is 2. The van der Waals surface area contributed by atoms with E-state index in [0.717, 1.165) is 50.9 Å². The van der Waals surface area contributed by atoms with Gasteiger partial charge in [0.15, 0.2) is 0 Å². The Morgan fingerprint density at radius 3 is 2.10 bits per heavy atom. The van der Waals surface area contributed by atoms with Crippen LogP contribution in [0.4, 0.5) is 0 Å². The van der Waals surface area contributed by atoms with Crippen LogP contribution in [0.15, 0.2) is 45.6 Å². The number of rotatable bonds is 6. The second-order valence-electron chi connectivity index (χ2n) is 4.58. The van der Waals surface area contributed by atoms with Crippen molar-refractivity contribution in [2.24, 2.45) is 0 Å². The molecule has 20 heavy (non-hydrogen) atoms. The summed E-state index contributed by atoms with van der Waals surface area (Å²) >= 11 is 1.73. The lowest BCUT2D eigenvalue weighted by molar-refractivity contribution is 0.0754. The molecule has 2 aromatic rings. The molecule has 0 unspecified atom stereocenters. The summed E-state index contributed by atoms with van der Waals surface area (Å²) < 4.78 is 20.8. The predicted molar refractivity (Wildman–Crippen MR) is 76.6 cm³/mol. The molecular formula is C14H18N2O3S. The van der Waals surface area contributed by atoms with Gasteiger partial charge in [-0.25, -0.2) is 8.61 Å². The summed E-state index contributed by atoms with van der Waals surface area (Å²) in [6.45, 7) is 4.96. The summed E-state index contributed by atoms with van der Waals surface area (Å²) in [5, 5.41) is 0. The molecule has 1 fully saturated rings. The van der Waals surface area contributed by atoms with Crippen molar-refractivity contribution in [3.8, 4) is 0 Å². The molecule has 0 amide bonds. The molecule has 0 spiro atoms. The lowest BCUT2D eigenvalue weighted by atomic mass is 10.4. The number of hydrogen-bond donors (Lipinski definition) is 0. The third-order valence-electron chi connectivity index (χ3n) is 3.03. The third kappa shape index (κ3) is 3.89. The van der Waals surface area contributed by atoms with Gasteiger partial charge in [-0.1, -0.05) is 0 Å². The zero-order valence-corrected chi connectivity index (χ0v) is 12.1. The van der Waals surface area contributed by atoms with E-state index in [4.69, 9.17) is 13.6 Å². The minimum absolute atomic E-state index is 0.746. The van der Waals surface area contributed by atoms with Crippen molar-refractivity contribution < 1.29 is 13.6 Å². The zero-order chi connectivity index (χ0) is 13.6. The van der Waals surface area contributed by atoms with Crippen molar-refractivity contribution in [1.29, 1.82) is 0 Å². The molecule has 0 N–H and O–H groups in total. The van der Waals surface area contributed by atoms with Gasteiger partial charge in [-0.15, -0.1) is 0 Å². The van der Waals surface area contributed by atoms with Crippen LogP contribution in [0.25, 0.3) is 0 Å². The minimum atomic E-state index is 0.746. The average molecular weight is 294 g/mol. The highest BCUT2D eigenvalue weighted by molar-refractivity contribution is 7.94. The fourth-order valence-corrected chi connectivity index (χ4v) is 3.07. The van der Waals surface area contributed by atoms with E-state index < -0.39 is 0 Å². The maximum atomic E-state index is 5.44. The Labute approximate surface area is 122 Å². The Balaban J connectivity index is 1.62. The molecular weight excluding hydrogens is 276 g/mol. The summed E-state index contributed by atoms with van der Waals surface area (Å²) in [6.07, 6.45) is 3.42.